The van der Waals surface area contributed by atoms with Crippen molar-refractivity contribution in [1.29, 1.82) is 0 Å². The molecule has 2 aliphatic heterocycles. The molecule has 1 spiro atoms. The Hall–Kier alpha value is -2.94. The molecule has 2 aromatic carbocycles. The van der Waals surface area contributed by atoms with Gasteiger partial charge in [-0.15, -0.1) is 13.2 Å². The predicted molar refractivity (Wildman–Crippen MR) is 105 cm³/mol. The first-order chi connectivity index (χ1) is 14.8. The first-order valence-electron chi connectivity index (χ1n) is 10.0. The normalized spacial score (nSPS) is 17.6. The number of rotatable bonds is 3. The summed E-state index contributed by atoms with van der Waals surface area (Å²) in [5.74, 6) is -0.331. The van der Waals surface area contributed by atoms with Gasteiger partial charge in [0.2, 0.25) is 5.79 Å². The molecule has 1 fully saturated rings. The maximum absolute atomic E-state index is 12.3. The van der Waals surface area contributed by atoms with E-state index in [2.05, 4.69) is 4.74 Å². The molecule has 166 valence electrons. The van der Waals surface area contributed by atoms with Gasteiger partial charge in [-0.2, -0.15) is 0 Å². The maximum atomic E-state index is 12.3. The number of hydrogen-bond donors (Lipinski definition) is 0. The van der Waals surface area contributed by atoms with Crippen LogP contribution in [0, 0.1) is 0 Å². The number of fused-ring (bicyclic) bond motifs is 1. The average molecular weight is 437 g/mol. The van der Waals surface area contributed by atoms with Crippen LogP contribution in [-0.4, -0.2) is 42.8 Å². The zero-order valence-corrected chi connectivity index (χ0v) is 16.9. The van der Waals surface area contributed by atoms with E-state index in [1.807, 2.05) is 18.2 Å². The molecule has 1 amide bonds. The molecule has 0 aromatic heterocycles. The van der Waals surface area contributed by atoms with Crippen LogP contribution >= 0.6 is 0 Å². The van der Waals surface area contributed by atoms with Crippen molar-refractivity contribution in [3.63, 3.8) is 0 Å². The van der Waals surface area contributed by atoms with Crippen LogP contribution in [0.1, 0.15) is 25.3 Å². The van der Waals surface area contributed by atoms with Crippen LogP contribution in [0.15, 0.2) is 42.5 Å². The number of amides is 1. The number of halogens is 3. The second-order valence-electron chi connectivity index (χ2n) is 7.38. The van der Waals surface area contributed by atoms with Gasteiger partial charge in [-0.25, -0.2) is 4.79 Å². The molecule has 31 heavy (non-hydrogen) atoms. The number of benzene rings is 2. The Morgan fingerprint density at radius 2 is 1.77 bits per heavy atom. The predicted octanol–water partition coefficient (Wildman–Crippen LogP) is 5.11. The van der Waals surface area contributed by atoms with Crippen LogP contribution in [0.2, 0.25) is 0 Å². The van der Waals surface area contributed by atoms with Gasteiger partial charge in [-0.3, -0.25) is 0 Å². The number of likely N-dealkylation sites (tertiary alicyclic amines) is 1. The fourth-order valence-corrected chi connectivity index (χ4v) is 3.75. The largest absolute Gasteiger partial charge is 0.573 e. The third kappa shape index (κ3) is 4.87. The summed E-state index contributed by atoms with van der Waals surface area (Å²) in [7, 11) is 0. The number of hydrogen-bond acceptors (Lipinski definition) is 5. The van der Waals surface area contributed by atoms with Crippen molar-refractivity contribution >= 4 is 6.09 Å². The summed E-state index contributed by atoms with van der Waals surface area (Å²) in [6.07, 6.45) is -3.98. The first-order valence-corrected chi connectivity index (χ1v) is 10.0. The first kappa shape index (κ1) is 21.3. The quantitative estimate of drug-likeness (QED) is 0.668. The Morgan fingerprint density at radius 1 is 1.10 bits per heavy atom. The lowest BCUT2D eigenvalue weighted by molar-refractivity contribution is -0.274. The molecule has 1 saturated heterocycles. The molecule has 2 aromatic rings. The minimum absolute atomic E-state index is 0.267. The standard InChI is InChI=1S/C22H22F3NO5/c1-2-28-20(27)26-11-9-21(10-12-26)29-14-17-13-16(5-8-19(17)31-21)15-3-6-18(7-4-15)30-22(23,24)25/h3-8,13H,2,9-12,14H2,1H3. The molecule has 0 bridgehead atoms. The SMILES string of the molecule is CCOC(=O)N1CCC2(CC1)OCc1cc(-c3ccc(OC(F)(F)F)cc3)ccc1O2. The van der Waals surface area contributed by atoms with Crippen molar-refractivity contribution in [1.82, 2.24) is 4.90 Å². The van der Waals surface area contributed by atoms with Gasteiger partial charge in [0.15, 0.2) is 0 Å². The van der Waals surface area contributed by atoms with Crippen LogP contribution < -0.4 is 9.47 Å². The highest BCUT2D eigenvalue weighted by atomic mass is 19.4. The third-order valence-corrected chi connectivity index (χ3v) is 5.32. The number of alkyl halides is 3. The Labute approximate surface area is 177 Å². The molecule has 2 heterocycles. The van der Waals surface area contributed by atoms with Gasteiger partial charge in [0.1, 0.15) is 11.5 Å². The summed E-state index contributed by atoms with van der Waals surface area (Å²) >= 11 is 0. The van der Waals surface area contributed by atoms with E-state index >= 15 is 0 Å². The minimum Gasteiger partial charge on any atom is -0.462 e. The molecule has 0 atom stereocenters. The van der Waals surface area contributed by atoms with Gasteiger partial charge in [0.05, 0.1) is 13.2 Å². The highest BCUT2D eigenvalue weighted by Crippen LogP contribution is 2.39. The number of nitrogens with zero attached hydrogens (tertiary/aromatic N) is 1. The van der Waals surface area contributed by atoms with Crippen LogP contribution in [0.4, 0.5) is 18.0 Å². The number of ether oxygens (including phenoxy) is 4. The zero-order valence-electron chi connectivity index (χ0n) is 16.9. The van der Waals surface area contributed by atoms with Crippen molar-refractivity contribution in [3.8, 4) is 22.6 Å². The fourth-order valence-electron chi connectivity index (χ4n) is 3.75. The number of carbonyl (C=O) groups is 1. The summed E-state index contributed by atoms with van der Waals surface area (Å²) in [4.78, 5) is 13.5. The third-order valence-electron chi connectivity index (χ3n) is 5.32. The fraction of sp³-hybridized carbons (Fsp3) is 0.409. The Bertz CT molecular complexity index is 937. The lowest BCUT2D eigenvalue weighted by Gasteiger charge is -2.43. The van der Waals surface area contributed by atoms with E-state index in [1.54, 1.807) is 24.0 Å². The van der Waals surface area contributed by atoms with Crippen molar-refractivity contribution < 1.29 is 36.9 Å². The van der Waals surface area contributed by atoms with Crippen molar-refractivity contribution in [3.05, 3.63) is 48.0 Å². The van der Waals surface area contributed by atoms with E-state index < -0.39 is 12.1 Å². The van der Waals surface area contributed by atoms with E-state index in [0.29, 0.717) is 44.9 Å². The van der Waals surface area contributed by atoms with Crippen molar-refractivity contribution in [2.24, 2.45) is 0 Å². The smallest absolute Gasteiger partial charge is 0.462 e. The van der Waals surface area contributed by atoms with E-state index in [1.165, 1.54) is 12.1 Å². The van der Waals surface area contributed by atoms with Gasteiger partial charge in [-0.1, -0.05) is 18.2 Å². The van der Waals surface area contributed by atoms with Crippen LogP contribution in [0.3, 0.4) is 0 Å². The van der Waals surface area contributed by atoms with Crippen LogP contribution in [-0.2, 0) is 16.1 Å². The molecule has 0 N–H and O–H groups in total. The second-order valence-corrected chi connectivity index (χ2v) is 7.38. The van der Waals surface area contributed by atoms with Crippen molar-refractivity contribution in [2.75, 3.05) is 19.7 Å². The molecular formula is C22H22F3NO5. The molecule has 6 nitrogen and oxygen atoms in total. The molecule has 9 heteroatoms. The zero-order chi connectivity index (χ0) is 22.1. The van der Waals surface area contributed by atoms with E-state index in [4.69, 9.17) is 14.2 Å². The molecule has 0 radical (unpaired) electrons. The molecule has 0 saturated carbocycles. The average Bonchev–Trinajstić information content (AvgIpc) is 2.73. The second kappa shape index (κ2) is 8.30. The minimum atomic E-state index is -4.72. The number of piperidine rings is 1. The van der Waals surface area contributed by atoms with Crippen LogP contribution in [0.25, 0.3) is 11.1 Å². The van der Waals surface area contributed by atoms with Gasteiger partial charge < -0.3 is 23.8 Å². The topological polar surface area (TPSA) is 57.2 Å². The summed E-state index contributed by atoms with van der Waals surface area (Å²) in [5.41, 5.74) is 2.43. The monoisotopic (exact) mass is 437 g/mol. The van der Waals surface area contributed by atoms with Crippen molar-refractivity contribution in [2.45, 2.75) is 38.5 Å². The summed E-state index contributed by atoms with van der Waals surface area (Å²) in [6.45, 7) is 3.42. The van der Waals surface area contributed by atoms with Gasteiger partial charge in [-0.05, 0) is 42.3 Å². The van der Waals surface area contributed by atoms with Gasteiger partial charge >= 0.3 is 12.5 Å². The summed E-state index contributed by atoms with van der Waals surface area (Å²) < 4.78 is 58.1. The Kier molecular flexibility index (Phi) is 5.70. The Morgan fingerprint density at radius 3 is 2.42 bits per heavy atom. The molecule has 0 unspecified atom stereocenters. The highest BCUT2D eigenvalue weighted by molar-refractivity contribution is 5.68. The molecular weight excluding hydrogens is 415 g/mol. The van der Waals surface area contributed by atoms with E-state index in [-0.39, 0.29) is 11.8 Å². The molecule has 2 aliphatic rings. The molecule has 0 aliphatic carbocycles. The van der Waals surface area contributed by atoms with E-state index in [9.17, 15) is 18.0 Å². The van der Waals surface area contributed by atoms with E-state index in [0.717, 1.165) is 16.7 Å². The lowest BCUT2D eigenvalue weighted by atomic mass is 9.99. The summed E-state index contributed by atoms with van der Waals surface area (Å²) in [5, 5.41) is 0. The molecule has 4 rings (SSSR count). The maximum Gasteiger partial charge on any atom is 0.573 e. The van der Waals surface area contributed by atoms with Crippen LogP contribution in [0.5, 0.6) is 11.5 Å². The highest BCUT2D eigenvalue weighted by Gasteiger charge is 2.42. The Balaban J connectivity index is 1.43. The summed E-state index contributed by atoms with van der Waals surface area (Å²) in [6, 6.07) is 11.3. The van der Waals surface area contributed by atoms with Gasteiger partial charge in [0.25, 0.3) is 0 Å². The number of carbonyl (C=O) groups excluding carboxylic acids is 1. The lowest BCUT2D eigenvalue weighted by Crippen LogP contribution is -2.52. The van der Waals surface area contributed by atoms with Gasteiger partial charge in [0, 0.05) is 31.5 Å².